The molecule has 21 heavy (non-hydrogen) atoms. The van der Waals surface area contributed by atoms with Crippen LogP contribution < -0.4 is 5.32 Å². The van der Waals surface area contributed by atoms with E-state index >= 15 is 0 Å². The van der Waals surface area contributed by atoms with Gasteiger partial charge in [-0.3, -0.25) is 4.79 Å². The van der Waals surface area contributed by atoms with Crippen LogP contribution in [0.1, 0.15) is 38.2 Å². The molecule has 3 rings (SSSR count). The van der Waals surface area contributed by atoms with Gasteiger partial charge >= 0.3 is 12.0 Å². The van der Waals surface area contributed by atoms with E-state index in [0.29, 0.717) is 31.1 Å². The van der Waals surface area contributed by atoms with Crippen LogP contribution in [0.3, 0.4) is 0 Å². The molecule has 2 N–H and O–H groups in total. The fourth-order valence-corrected chi connectivity index (χ4v) is 2.77. The predicted octanol–water partition coefficient (Wildman–Crippen LogP) is 2.82. The molecule has 0 radical (unpaired) electrons. The number of hydrogen-bond acceptors (Lipinski definition) is 2. The van der Waals surface area contributed by atoms with Crippen molar-refractivity contribution in [1.82, 2.24) is 4.90 Å². The van der Waals surface area contributed by atoms with Gasteiger partial charge in [-0.2, -0.15) is 0 Å². The molecular formula is C16H20N2O3. The van der Waals surface area contributed by atoms with Gasteiger partial charge in [0, 0.05) is 18.3 Å². The second kappa shape index (κ2) is 5.06. The standard InChI is InChI=1S/C16H20N2O3/c1-2-18(13-7-8-13)15(21)17-12-5-3-11(4-6-12)16(9-10-16)14(19)20/h3-6,13H,2,7-10H2,1H3,(H,17,21)(H,19,20). The molecule has 0 aliphatic heterocycles. The second-order valence-corrected chi connectivity index (χ2v) is 5.91. The van der Waals surface area contributed by atoms with Crippen molar-refractivity contribution in [3.05, 3.63) is 29.8 Å². The van der Waals surface area contributed by atoms with E-state index in [1.165, 1.54) is 0 Å². The van der Waals surface area contributed by atoms with Gasteiger partial charge in [-0.25, -0.2) is 4.79 Å². The Hall–Kier alpha value is -2.04. The average Bonchev–Trinajstić information content (AvgIpc) is 3.34. The molecule has 5 heteroatoms. The zero-order chi connectivity index (χ0) is 15.0. The third-order valence-electron chi connectivity index (χ3n) is 4.44. The molecule has 0 heterocycles. The molecule has 0 bridgehead atoms. The molecular weight excluding hydrogens is 268 g/mol. The van der Waals surface area contributed by atoms with Crippen molar-refractivity contribution in [2.45, 2.75) is 44.1 Å². The Morgan fingerprint density at radius 3 is 2.33 bits per heavy atom. The first-order valence-corrected chi connectivity index (χ1v) is 7.48. The average molecular weight is 288 g/mol. The van der Waals surface area contributed by atoms with Gasteiger partial charge in [-0.15, -0.1) is 0 Å². The Bertz CT molecular complexity index is 559. The van der Waals surface area contributed by atoms with E-state index in [4.69, 9.17) is 0 Å². The number of nitrogens with zero attached hydrogens (tertiary/aromatic N) is 1. The number of rotatable bonds is 5. The van der Waals surface area contributed by atoms with E-state index in [2.05, 4.69) is 5.32 Å². The summed E-state index contributed by atoms with van der Waals surface area (Å²) in [6.07, 6.45) is 3.56. The van der Waals surface area contributed by atoms with E-state index in [1.54, 1.807) is 12.1 Å². The van der Waals surface area contributed by atoms with Crippen molar-refractivity contribution in [2.24, 2.45) is 0 Å². The monoisotopic (exact) mass is 288 g/mol. The summed E-state index contributed by atoms with van der Waals surface area (Å²) in [4.78, 5) is 25.3. The number of carboxylic acids is 1. The Labute approximate surface area is 123 Å². The summed E-state index contributed by atoms with van der Waals surface area (Å²) in [7, 11) is 0. The summed E-state index contributed by atoms with van der Waals surface area (Å²) in [6, 6.07) is 7.51. The highest BCUT2D eigenvalue weighted by Crippen LogP contribution is 2.48. The zero-order valence-corrected chi connectivity index (χ0v) is 12.1. The third-order valence-corrected chi connectivity index (χ3v) is 4.44. The van der Waals surface area contributed by atoms with Crippen LogP contribution in [0.15, 0.2) is 24.3 Å². The second-order valence-electron chi connectivity index (χ2n) is 5.91. The summed E-state index contributed by atoms with van der Waals surface area (Å²) < 4.78 is 0. The van der Waals surface area contributed by atoms with Crippen molar-refractivity contribution in [2.75, 3.05) is 11.9 Å². The molecule has 2 aliphatic carbocycles. The van der Waals surface area contributed by atoms with Crippen LogP contribution in [0.25, 0.3) is 0 Å². The molecule has 0 saturated heterocycles. The number of hydrogen-bond donors (Lipinski definition) is 2. The van der Waals surface area contributed by atoms with Gasteiger partial charge < -0.3 is 15.3 Å². The van der Waals surface area contributed by atoms with Crippen molar-refractivity contribution >= 4 is 17.7 Å². The fourth-order valence-electron chi connectivity index (χ4n) is 2.77. The quantitative estimate of drug-likeness (QED) is 0.875. The van der Waals surface area contributed by atoms with Crippen molar-refractivity contribution in [3.63, 3.8) is 0 Å². The number of amides is 2. The summed E-state index contributed by atoms with van der Waals surface area (Å²) in [5, 5.41) is 12.2. The van der Waals surface area contributed by atoms with E-state index in [9.17, 15) is 14.7 Å². The van der Waals surface area contributed by atoms with Crippen molar-refractivity contribution < 1.29 is 14.7 Å². The van der Waals surface area contributed by atoms with Crippen molar-refractivity contribution in [3.8, 4) is 0 Å². The van der Waals surface area contributed by atoms with Crippen LogP contribution in [0, 0.1) is 0 Å². The number of carboxylic acid groups (broad SMARTS) is 1. The summed E-state index contributed by atoms with van der Waals surface area (Å²) in [5.41, 5.74) is 0.845. The minimum atomic E-state index is -0.759. The molecule has 2 amide bonds. The van der Waals surface area contributed by atoms with E-state index < -0.39 is 11.4 Å². The summed E-state index contributed by atoms with van der Waals surface area (Å²) in [6.45, 7) is 2.68. The molecule has 2 fully saturated rings. The minimum absolute atomic E-state index is 0.0767. The number of carbonyl (C=O) groups excluding carboxylic acids is 1. The molecule has 1 aromatic rings. The van der Waals surface area contributed by atoms with Crippen LogP contribution in [-0.4, -0.2) is 34.6 Å². The van der Waals surface area contributed by atoms with E-state index in [0.717, 1.165) is 18.4 Å². The first kappa shape index (κ1) is 13.9. The Morgan fingerprint density at radius 2 is 1.90 bits per heavy atom. The molecule has 112 valence electrons. The van der Waals surface area contributed by atoms with Gasteiger partial charge in [0.2, 0.25) is 0 Å². The molecule has 0 atom stereocenters. The highest BCUT2D eigenvalue weighted by molar-refractivity contribution is 5.90. The fraction of sp³-hybridized carbons (Fsp3) is 0.500. The summed E-state index contributed by atoms with van der Waals surface area (Å²) >= 11 is 0. The maximum Gasteiger partial charge on any atom is 0.322 e. The molecule has 0 spiro atoms. The lowest BCUT2D eigenvalue weighted by Crippen LogP contribution is -2.36. The topological polar surface area (TPSA) is 69.6 Å². The molecule has 2 aliphatic rings. The molecule has 5 nitrogen and oxygen atoms in total. The van der Waals surface area contributed by atoms with Crippen molar-refractivity contribution in [1.29, 1.82) is 0 Å². The van der Waals surface area contributed by atoms with Gasteiger partial charge in [0.25, 0.3) is 0 Å². The Kier molecular flexibility index (Phi) is 3.35. The maximum atomic E-state index is 12.1. The van der Waals surface area contributed by atoms with E-state index in [1.807, 2.05) is 24.0 Å². The number of nitrogens with one attached hydrogen (secondary N) is 1. The first-order valence-electron chi connectivity index (χ1n) is 7.48. The molecule has 2 saturated carbocycles. The van der Waals surface area contributed by atoms with Crippen LogP contribution >= 0.6 is 0 Å². The number of urea groups is 1. The molecule has 0 aromatic heterocycles. The minimum Gasteiger partial charge on any atom is -0.481 e. The summed E-state index contributed by atoms with van der Waals surface area (Å²) in [5.74, 6) is -0.759. The number of carbonyl (C=O) groups is 2. The smallest absolute Gasteiger partial charge is 0.322 e. The van der Waals surface area contributed by atoms with Gasteiger partial charge in [-0.1, -0.05) is 12.1 Å². The van der Waals surface area contributed by atoms with Gasteiger partial charge in [0.05, 0.1) is 5.41 Å². The SMILES string of the molecule is CCN(C(=O)Nc1ccc(C2(C(=O)O)CC2)cc1)C1CC1. The van der Waals surface area contributed by atoms with Gasteiger partial charge in [0.1, 0.15) is 0 Å². The first-order chi connectivity index (χ1) is 10.1. The van der Waals surface area contributed by atoms with Crippen LogP contribution in [0.2, 0.25) is 0 Å². The lowest BCUT2D eigenvalue weighted by atomic mass is 9.96. The highest BCUT2D eigenvalue weighted by atomic mass is 16.4. The van der Waals surface area contributed by atoms with E-state index in [-0.39, 0.29) is 6.03 Å². The Morgan fingerprint density at radius 1 is 1.29 bits per heavy atom. The normalized spacial score (nSPS) is 18.9. The molecule has 0 unspecified atom stereocenters. The predicted molar refractivity (Wildman–Crippen MR) is 79.4 cm³/mol. The lowest BCUT2D eigenvalue weighted by molar-refractivity contribution is -0.140. The Balaban J connectivity index is 1.67. The van der Waals surface area contributed by atoms with Crippen LogP contribution in [0.4, 0.5) is 10.5 Å². The number of anilines is 1. The van der Waals surface area contributed by atoms with Gasteiger partial charge in [-0.05, 0) is 50.3 Å². The largest absolute Gasteiger partial charge is 0.481 e. The third kappa shape index (κ3) is 2.60. The van der Waals surface area contributed by atoms with Gasteiger partial charge in [0.15, 0.2) is 0 Å². The zero-order valence-electron chi connectivity index (χ0n) is 12.1. The number of benzene rings is 1. The van der Waals surface area contributed by atoms with Crippen LogP contribution in [-0.2, 0) is 10.2 Å². The highest BCUT2D eigenvalue weighted by Gasteiger charge is 2.51. The molecule has 1 aromatic carbocycles. The van der Waals surface area contributed by atoms with Crippen LogP contribution in [0.5, 0.6) is 0 Å². The number of aliphatic carboxylic acids is 1. The lowest BCUT2D eigenvalue weighted by Gasteiger charge is -2.21. The maximum absolute atomic E-state index is 12.1.